The SMILES string of the molecule is CCCCN(CCCC)C(=O)c1sc2ccc(OC)cc2c1Cl. The zero-order valence-electron chi connectivity index (χ0n) is 14.0. The number of rotatable bonds is 8. The highest BCUT2D eigenvalue weighted by Crippen LogP contribution is 2.38. The molecule has 2 aromatic rings. The second-order valence-electron chi connectivity index (χ2n) is 5.61. The number of unbranched alkanes of at least 4 members (excludes halogenated alkanes) is 2. The number of benzene rings is 1. The topological polar surface area (TPSA) is 29.5 Å². The maximum atomic E-state index is 12.9. The van der Waals surface area contributed by atoms with E-state index in [9.17, 15) is 4.79 Å². The lowest BCUT2D eigenvalue weighted by atomic mass is 10.2. The maximum Gasteiger partial charge on any atom is 0.265 e. The molecule has 3 nitrogen and oxygen atoms in total. The normalized spacial score (nSPS) is 11.0. The van der Waals surface area contributed by atoms with E-state index >= 15 is 0 Å². The van der Waals surface area contributed by atoms with E-state index in [4.69, 9.17) is 16.3 Å². The van der Waals surface area contributed by atoms with Gasteiger partial charge in [-0.2, -0.15) is 0 Å². The third kappa shape index (κ3) is 4.18. The number of carbonyl (C=O) groups excluding carboxylic acids is 1. The fourth-order valence-corrected chi connectivity index (χ4v) is 3.92. The molecular formula is C18H24ClNO2S. The second kappa shape index (κ2) is 8.55. The fourth-order valence-electron chi connectivity index (χ4n) is 2.47. The zero-order valence-corrected chi connectivity index (χ0v) is 15.6. The molecule has 23 heavy (non-hydrogen) atoms. The molecule has 126 valence electrons. The van der Waals surface area contributed by atoms with Crippen LogP contribution in [0.25, 0.3) is 10.1 Å². The predicted molar refractivity (Wildman–Crippen MR) is 99.1 cm³/mol. The highest BCUT2D eigenvalue weighted by Gasteiger charge is 2.22. The lowest BCUT2D eigenvalue weighted by molar-refractivity contribution is 0.0756. The van der Waals surface area contributed by atoms with E-state index in [1.54, 1.807) is 7.11 Å². The Balaban J connectivity index is 2.32. The van der Waals surface area contributed by atoms with Crippen LogP contribution < -0.4 is 4.74 Å². The van der Waals surface area contributed by atoms with Gasteiger partial charge in [0.2, 0.25) is 0 Å². The van der Waals surface area contributed by atoms with Gasteiger partial charge in [0.15, 0.2) is 0 Å². The van der Waals surface area contributed by atoms with Gasteiger partial charge in [-0.1, -0.05) is 38.3 Å². The Labute approximate surface area is 147 Å². The molecule has 5 heteroatoms. The van der Waals surface area contributed by atoms with E-state index in [1.165, 1.54) is 11.3 Å². The number of nitrogens with zero attached hydrogens (tertiary/aromatic N) is 1. The fraction of sp³-hybridized carbons (Fsp3) is 0.500. The number of fused-ring (bicyclic) bond motifs is 1. The molecule has 0 bridgehead atoms. The summed E-state index contributed by atoms with van der Waals surface area (Å²) in [5, 5.41) is 1.44. The van der Waals surface area contributed by atoms with Crippen LogP contribution in [0.1, 0.15) is 49.2 Å². The van der Waals surface area contributed by atoms with Crippen molar-refractivity contribution < 1.29 is 9.53 Å². The molecule has 0 fully saturated rings. The summed E-state index contributed by atoms with van der Waals surface area (Å²) in [6.07, 6.45) is 4.19. The molecule has 0 saturated heterocycles. The van der Waals surface area contributed by atoms with Crippen molar-refractivity contribution in [3.8, 4) is 5.75 Å². The molecule has 0 aliphatic heterocycles. The Morgan fingerprint density at radius 1 is 1.22 bits per heavy atom. The molecule has 1 amide bonds. The molecule has 0 atom stereocenters. The monoisotopic (exact) mass is 353 g/mol. The molecule has 0 aliphatic carbocycles. The quantitative estimate of drug-likeness (QED) is 0.617. The number of amides is 1. The number of carbonyl (C=O) groups is 1. The first-order valence-corrected chi connectivity index (χ1v) is 9.37. The van der Waals surface area contributed by atoms with Crippen molar-refractivity contribution in [1.82, 2.24) is 4.90 Å². The summed E-state index contributed by atoms with van der Waals surface area (Å²) in [7, 11) is 1.63. The van der Waals surface area contributed by atoms with Gasteiger partial charge in [0.1, 0.15) is 10.6 Å². The van der Waals surface area contributed by atoms with Crippen LogP contribution in [0.2, 0.25) is 5.02 Å². The molecule has 0 N–H and O–H groups in total. The van der Waals surface area contributed by atoms with E-state index in [0.29, 0.717) is 9.90 Å². The van der Waals surface area contributed by atoms with Crippen LogP contribution in [0.15, 0.2) is 18.2 Å². The average molecular weight is 354 g/mol. The van der Waals surface area contributed by atoms with E-state index in [0.717, 1.165) is 54.6 Å². The van der Waals surface area contributed by atoms with Crippen molar-refractivity contribution in [3.63, 3.8) is 0 Å². The number of ether oxygens (including phenoxy) is 1. The van der Waals surface area contributed by atoms with E-state index in [2.05, 4.69) is 13.8 Å². The highest BCUT2D eigenvalue weighted by molar-refractivity contribution is 7.21. The number of hydrogen-bond acceptors (Lipinski definition) is 3. The van der Waals surface area contributed by atoms with Crippen molar-refractivity contribution >= 4 is 38.9 Å². The number of halogens is 1. The molecule has 1 aromatic carbocycles. The first kappa shape index (κ1) is 18.1. The van der Waals surface area contributed by atoms with Crippen LogP contribution in [0, 0.1) is 0 Å². The van der Waals surface area contributed by atoms with Gasteiger partial charge in [0, 0.05) is 23.2 Å². The van der Waals surface area contributed by atoms with Gasteiger partial charge in [-0.15, -0.1) is 11.3 Å². The van der Waals surface area contributed by atoms with Crippen molar-refractivity contribution in [2.45, 2.75) is 39.5 Å². The minimum atomic E-state index is 0.0528. The number of methoxy groups -OCH3 is 1. The molecule has 0 radical (unpaired) electrons. The minimum Gasteiger partial charge on any atom is -0.497 e. The van der Waals surface area contributed by atoms with Crippen molar-refractivity contribution in [1.29, 1.82) is 0 Å². The molecule has 0 saturated carbocycles. The summed E-state index contributed by atoms with van der Waals surface area (Å²) in [6.45, 7) is 5.87. The summed E-state index contributed by atoms with van der Waals surface area (Å²) in [5.41, 5.74) is 0. The van der Waals surface area contributed by atoms with Crippen molar-refractivity contribution in [3.05, 3.63) is 28.1 Å². The van der Waals surface area contributed by atoms with Crippen LogP contribution in [0.5, 0.6) is 5.75 Å². The number of thiophene rings is 1. The van der Waals surface area contributed by atoms with Crippen LogP contribution in [-0.2, 0) is 0 Å². The molecule has 2 rings (SSSR count). The third-order valence-electron chi connectivity index (χ3n) is 3.88. The zero-order chi connectivity index (χ0) is 16.8. The Morgan fingerprint density at radius 3 is 2.43 bits per heavy atom. The van der Waals surface area contributed by atoms with E-state index < -0.39 is 0 Å². The van der Waals surface area contributed by atoms with Gasteiger partial charge in [-0.3, -0.25) is 4.79 Å². The summed E-state index contributed by atoms with van der Waals surface area (Å²) in [6, 6.07) is 5.76. The van der Waals surface area contributed by atoms with Crippen LogP contribution >= 0.6 is 22.9 Å². The smallest absolute Gasteiger partial charge is 0.265 e. The Kier molecular flexibility index (Phi) is 6.72. The van der Waals surface area contributed by atoms with Gasteiger partial charge >= 0.3 is 0 Å². The van der Waals surface area contributed by atoms with Gasteiger partial charge in [0.05, 0.1) is 12.1 Å². The molecule has 1 aromatic heterocycles. The first-order valence-electron chi connectivity index (χ1n) is 8.17. The Bertz CT molecular complexity index is 660. The van der Waals surface area contributed by atoms with Crippen LogP contribution in [0.4, 0.5) is 0 Å². The summed E-state index contributed by atoms with van der Waals surface area (Å²) in [4.78, 5) is 15.5. The van der Waals surface area contributed by atoms with E-state index in [1.807, 2.05) is 23.1 Å². The van der Waals surface area contributed by atoms with Crippen LogP contribution in [-0.4, -0.2) is 31.0 Å². The van der Waals surface area contributed by atoms with Gasteiger partial charge in [0.25, 0.3) is 5.91 Å². The van der Waals surface area contributed by atoms with Gasteiger partial charge in [-0.05, 0) is 31.0 Å². The lowest BCUT2D eigenvalue weighted by Gasteiger charge is -2.21. The van der Waals surface area contributed by atoms with Crippen molar-refractivity contribution in [2.75, 3.05) is 20.2 Å². The molecule has 0 aliphatic rings. The molecule has 1 heterocycles. The Hall–Kier alpha value is -1.26. The largest absolute Gasteiger partial charge is 0.497 e. The van der Waals surface area contributed by atoms with Crippen molar-refractivity contribution in [2.24, 2.45) is 0 Å². The highest BCUT2D eigenvalue weighted by atomic mass is 35.5. The summed E-state index contributed by atoms with van der Waals surface area (Å²) in [5.74, 6) is 0.807. The second-order valence-corrected chi connectivity index (χ2v) is 7.04. The first-order chi connectivity index (χ1) is 11.1. The van der Waals surface area contributed by atoms with E-state index in [-0.39, 0.29) is 5.91 Å². The average Bonchev–Trinajstić information content (AvgIpc) is 2.90. The lowest BCUT2D eigenvalue weighted by Crippen LogP contribution is -2.32. The maximum absolute atomic E-state index is 12.9. The van der Waals surface area contributed by atoms with Crippen LogP contribution in [0.3, 0.4) is 0 Å². The molecule has 0 unspecified atom stereocenters. The number of hydrogen-bond donors (Lipinski definition) is 0. The summed E-state index contributed by atoms with van der Waals surface area (Å²) < 4.78 is 6.27. The Morgan fingerprint density at radius 2 is 1.87 bits per heavy atom. The minimum absolute atomic E-state index is 0.0528. The molecular weight excluding hydrogens is 330 g/mol. The standard InChI is InChI=1S/C18H24ClNO2S/c1-4-6-10-20(11-7-5-2)18(21)17-16(19)14-12-13(22-3)8-9-15(14)23-17/h8-9,12H,4-7,10-11H2,1-3H3. The van der Waals surface area contributed by atoms with Gasteiger partial charge < -0.3 is 9.64 Å². The molecule has 0 spiro atoms. The van der Waals surface area contributed by atoms with Gasteiger partial charge in [-0.25, -0.2) is 0 Å². The predicted octanol–water partition coefficient (Wildman–Crippen LogP) is 5.61. The third-order valence-corrected chi connectivity index (χ3v) is 5.54. The summed E-state index contributed by atoms with van der Waals surface area (Å²) >= 11 is 7.97.